The standard InChI is InChI=1S/C16H19N3O2/c1-16(2,3)19-15(17-12-8-5-4-6-9-12)18-14(20)13-10-7-11-21-13/h4-11H,1-3H3,(H2,17,18,19,20). The Morgan fingerprint density at radius 3 is 2.38 bits per heavy atom. The van der Waals surface area contributed by atoms with Crippen molar-refractivity contribution < 1.29 is 9.21 Å². The van der Waals surface area contributed by atoms with Crippen molar-refractivity contribution in [3.63, 3.8) is 0 Å². The summed E-state index contributed by atoms with van der Waals surface area (Å²) in [5, 5.41) is 5.84. The van der Waals surface area contributed by atoms with Crippen LogP contribution in [0.5, 0.6) is 0 Å². The van der Waals surface area contributed by atoms with Gasteiger partial charge in [0.15, 0.2) is 5.76 Å². The van der Waals surface area contributed by atoms with E-state index >= 15 is 0 Å². The summed E-state index contributed by atoms with van der Waals surface area (Å²) in [5.74, 6) is 0.285. The number of aliphatic imine (C=N–C) groups is 1. The number of amides is 1. The molecule has 0 aliphatic heterocycles. The quantitative estimate of drug-likeness (QED) is 0.657. The number of hydrogen-bond acceptors (Lipinski definition) is 3. The number of furan rings is 1. The van der Waals surface area contributed by atoms with Crippen LogP contribution in [-0.4, -0.2) is 17.4 Å². The van der Waals surface area contributed by atoms with Gasteiger partial charge in [-0.2, -0.15) is 0 Å². The third-order valence-corrected chi connectivity index (χ3v) is 2.46. The summed E-state index contributed by atoms with van der Waals surface area (Å²) in [4.78, 5) is 16.6. The number of carbonyl (C=O) groups is 1. The summed E-state index contributed by atoms with van der Waals surface area (Å²) in [6, 6.07) is 12.8. The highest BCUT2D eigenvalue weighted by Crippen LogP contribution is 2.10. The molecule has 2 N–H and O–H groups in total. The molecule has 2 rings (SSSR count). The predicted molar refractivity (Wildman–Crippen MR) is 83.4 cm³/mol. The fourth-order valence-electron chi connectivity index (χ4n) is 1.66. The zero-order valence-electron chi connectivity index (χ0n) is 12.4. The first-order valence-corrected chi connectivity index (χ1v) is 6.71. The van der Waals surface area contributed by atoms with E-state index in [1.54, 1.807) is 12.1 Å². The Balaban J connectivity index is 2.17. The van der Waals surface area contributed by atoms with Gasteiger partial charge in [-0.1, -0.05) is 18.2 Å². The lowest BCUT2D eigenvalue weighted by Gasteiger charge is -2.17. The molecule has 0 radical (unpaired) electrons. The van der Waals surface area contributed by atoms with Gasteiger partial charge in [0.2, 0.25) is 5.96 Å². The van der Waals surface area contributed by atoms with Gasteiger partial charge < -0.3 is 9.73 Å². The van der Waals surface area contributed by atoms with Crippen molar-refractivity contribution in [3.05, 3.63) is 54.5 Å². The Hall–Kier alpha value is -2.56. The Morgan fingerprint density at radius 2 is 1.81 bits per heavy atom. The number of anilines is 1. The minimum absolute atomic E-state index is 0.242. The molecule has 0 aliphatic rings. The number of hydrogen-bond donors (Lipinski definition) is 2. The number of nitrogens with zero attached hydrogens (tertiary/aromatic N) is 1. The van der Waals surface area contributed by atoms with E-state index in [1.165, 1.54) is 6.26 Å². The topological polar surface area (TPSA) is 66.6 Å². The molecule has 0 fully saturated rings. The van der Waals surface area contributed by atoms with Crippen molar-refractivity contribution in [2.75, 3.05) is 5.32 Å². The van der Waals surface area contributed by atoms with Gasteiger partial charge in [-0.3, -0.25) is 10.1 Å². The van der Waals surface area contributed by atoms with E-state index in [2.05, 4.69) is 15.6 Å². The normalized spacial score (nSPS) is 12.0. The lowest BCUT2D eigenvalue weighted by molar-refractivity contribution is 0.0949. The second-order valence-electron chi connectivity index (χ2n) is 5.55. The van der Waals surface area contributed by atoms with Crippen LogP contribution < -0.4 is 10.6 Å². The highest BCUT2D eigenvalue weighted by Gasteiger charge is 2.15. The minimum atomic E-state index is -0.341. The van der Waals surface area contributed by atoms with Gasteiger partial charge in [0.25, 0.3) is 5.91 Å². The summed E-state index contributed by atoms with van der Waals surface area (Å²) in [5.41, 5.74) is 0.522. The largest absolute Gasteiger partial charge is 0.459 e. The lowest BCUT2D eigenvalue weighted by atomic mass is 10.1. The summed E-state index contributed by atoms with van der Waals surface area (Å²) < 4.78 is 5.08. The highest BCUT2D eigenvalue weighted by molar-refractivity contribution is 6.09. The number of guanidine groups is 1. The zero-order chi connectivity index (χ0) is 15.3. The van der Waals surface area contributed by atoms with Crippen molar-refractivity contribution in [1.29, 1.82) is 0 Å². The first-order valence-electron chi connectivity index (χ1n) is 6.71. The van der Waals surface area contributed by atoms with Gasteiger partial charge in [-0.05, 0) is 45.0 Å². The summed E-state index contributed by atoms with van der Waals surface area (Å²) in [6.07, 6.45) is 1.46. The molecule has 1 heterocycles. The van der Waals surface area contributed by atoms with Crippen molar-refractivity contribution in [2.45, 2.75) is 26.3 Å². The maximum Gasteiger partial charge on any atom is 0.293 e. The van der Waals surface area contributed by atoms with Crippen LogP contribution in [-0.2, 0) is 0 Å². The molecule has 0 unspecified atom stereocenters. The molecule has 1 aromatic carbocycles. The van der Waals surface area contributed by atoms with E-state index in [4.69, 9.17) is 4.42 Å². The lowest BCUT2D eigenvalue weighted by Crippen LogP contribution is -2.37. The van der Waals surface area contributed by atoms with E-state index < -0.39 is 0 Å². The Kier molecular flexibility index (Phi) is 4.42. The van der Waals surface area contributed by atoms with Gasteiger partial charge in [0.1, 0.15) is 0 Å². The van der Waals surface area contributed by atoms with Crippen LogP contribution >= 0.6 is 0 Å². The van der Waals surface area contributed by atoms with Gasteiger partial charge in [-0.15, -0.1) is 0 Å². The second kappa shape index (κ2) is 6.26. The van der Waals surface area contributed by atoms with Crippen molar-refractivity contribution >= 4 is 17.6 Å². The van der Waals surface area contributed by atoms with Crippen molar-refractivity contribution in [3.8, 4) is 0 Å². The van der Waals surface area contributed by atoms with Crippen LogP contribution in [0.1, 0.15) is 31.3 Å². The van der Waals surface area contributed by atoms with Crippen molar-refractivity contribution in [2.24, 2.45) is 4.99 Å². The molecule has 0 atom stereocenters. The summed E-state index contributed by atoms with van der Waals surface area (Å²) in [6.45, 7) is 5.87. The van der Waals surface area contributed by atoms with Crippen LogP contribution in [0.15, 0.2) is 58.1 Å². The number of para-hydroxylation sites is 1. The molecule has 5 heteroatoms. The van der Waals surface area contributed by atoms with E-state index in [0.717, 1.165) is 5.69 Å². The number of nitrogens with one attached hydrogen (secondary N) is 2. The number of benzene rings is 1. The second-order valence-corrected chi connectivity index (χ2v) is 5.55. The monoisotopic (exact) mass is 285 g/mol. The zero-order valence-corrected chi connectivity index (χ0v) is 12.4. The predicted octanol–water partition coefficient (Wildman–Crippen LogP) is 3.28. The van der Waals surface area contributed by atoms with Crippen LogP contribution in [0, 0.1) is 0 Å². The molecule has 0 spiro atoms. The summed E-state index contributed by atoms with van der Waals surface area (Å²) in [7, 11) is 0. The molecule has 5 nitrogen and oxygen atoms in total. The van der Waals surface area contributed by atoms with E-state index in [0.29, 0.717) is 5.96 Å². The molecule has 1 aromatic heterocycles. The average Bonchev–Trinajstić information content (AvgIpc) is 2.91. The fourth-order valence-corrected chi connectivity index (χ4v) is 1.66. The molecule has 0 aliphatic carbocycles. The number of rotatable bonds is 2. The van der Waals surface area contributed by atoms with E-state index in [-0.39, 0.29) is 17.2 Å². The van der Waals surface area contributed by atoms with Crippen LogP contribution in [0.25, 0.3) is 0 Å². The van der Waals surface area contributed by atoms with Gasteiger partial charge in [0.05, 0.1) is 11.8 Å². The SMILES string of the molecule is CC(C)(C)N=C(NC(=O)c1ccco1)Nc1ccccc1. The van der Waals surface area contributed by atoms with Gasteiger partial charge in [-0.25, -0.2) is 4.99 Å². The highest BCUT2D eigenvalue weighted by atomic mass is 16.3. The maximum atomic E-state index is 12.1. The van der Waals surface area contributed by atoms with Gasteiger partial charge >= 0.3 is 0 Å². The Labute approximate surface area is 124 Å². The molecule has 21 heavy (non-hydrogen) atoms. The third-order valence-electron chi connectivity index (χ3n) is 2.46. The smallest absolute Gasteiger partial charge is 0.293 e. The first-order chi connectivity index (χ1) is 9.94. The molecule has 0 bridgehead atoms. The van der Waals surface area contributed by atoms with Crippen LogP contribution in [0.2, 0.25) is 0 Å². The molecule has 2 aromatic rings. The summed E-state index contributed by atoms with van der Waals surface area (Å²) >= 11 is 0. The van der Waals surface area contributed by atoms with Crippen LogP contribution in [0.4, 0.5) is 5.69 Å². The van der Waals surface area contributed by atoms with E-state index in [9.17, 15) is 4.79 Å². The van der Waals surface area contributed by atoms with Crippen LogP contribution in [0.3, 0.4) is 0 Å². The molecule has 0 saturated carbocycles. The van der Waals surface area contributed by atoms with E-state index in [1.807, 2.05) is 51.1 Å². The van der Waals surface area contributed by atoms with Gasteiger partial charge in [0, 0.05) is 5.69 Å². The first kappa shape index (κ1) is 14.8. The number of carbonyl (C=O) groups excluding carboxylic acids is 1. The Bertz CT molecular complexity index is 611. The molecular formula is C16H19N3O2. The fraction of sp³-hybridized carbons (Fsp3) is 0.250. The van der Waals surface area contributed by atoms with Crippen molar-refractivity contribution in [1.82, 2.24) is 5.32 Å². The third kappa shape index (κ3) is 4.80. The Morgan fingerprint density at radius 1 is 1.10 bits per heavy atom. The molecule has 1 amide bonds. The average molecular weight is 285 g/mol. The maximum absolute atomic E-state index is 12.1. The molecule has 110 valence electrons. The minimum Gasteiger partial charge on any atom is -0.459 e. The molecule has 0 saturated heterocycles. The molecular weight excluding hydrogens is 266 g/mol.